The Bertz CT molecular complexity index is 455. The molecule has 0 bridgehead atoms. The van der Waals surface area contributed by atoms with E-state index in [1.807, 2.05) is 12.1 Å². The topological polar surface area (TPSA) is 51.0 Å². The quantitative estimate of drug-likeness (QED) is 0.852. The van der Waals surface area contributed by atoms with Crippen molar-refractivity contribution in [2.75, 3.05) is 51.0 Å². The van der Waals surface area contributed by atoms with Crippen molar-refractivity contribution in [2.45, 2.75) is 19.9 Å². The molecule has 0 spiro atoms. The first kappa shape index (κ1) is 14.8. The number of rotatable bonds is 4. The molecular weight excluding hydrogens is 254 g/mol. The van der Waals surface area contributed by atoms with E-state index in [2.05, 4.69) is 23.6 Å². The van der Waals surface area contributed by atoms with Crippen molar-refractivity contribution < 1.29 is 9.47 Å². The summed E-state index contributed by atoms with van der Waals surface area (Å²) in [5, 5.41) is 0. The fourth-order valence-corrected chi connectivity index (χ4v) is 2.64. The van der Waals surface area contributed by atoms with Crippen molar-refractivity contribution in [3.8, 4) is 11.5 Å². The molecule has 1 aliphatic heterocycles. The first-order valence-corrected chi connectivity index (χ1v) is 7.07. The minimum Gasteiger partial charge on any atom is -0.493 e. The fourth-order valence-electron chi connectivity index (χ4n) is 2.64. The van der Waals surface area contributed by atoms with E-state index < -0.39 is 0 Å². The van der Waals surface area contributed by atoms with Gasteiger partial charge >= 0.3 is 0 Å². The summed E-state index contributed by atoms with van der Waals surface area (Å²) >= 11 is 0. The highest BCUT2D eigenvalue weighted by molar-refractivity contribution is 5.73. The van der Waals surface area contributed by atoms with Gasteiger partial charge in [0, 0.05) is 44.4 Å². The maximum Gasteiger partial charge on any atom is 0.162 e. The van der Waals surface area contributed by atoms with Gasteiger partial charge in [0.15, 0.2) is 11.5 Å². The molecule has 0 radical (unpaired) electrons. The monoisotopic (exact) mass is 279 g/mol. The largest absolute Gasteiger partial charge is 0.493 e. The molecule has 5 heteroatoms. The molecule has 1 aliphatic rings. The molecule has 2 N–H and O–H groups in total. The summed E-state index contributed by atoms with van der Waals surface area (Å²) in [6, 6.07) is 4.40. The first-order chi connectivity index (χ1) is 9.56. The Morgan fingerprint density at radius 3 is 2.05 bits per heavy atom. The second-order valence-corrected chi connectivity index (χ2v) is 5.38. The van der Waals surface area contributed by atoms with Gasteiger partial charge in [-0.2, -0.15) is 0 Å². The number of nitrogens with zero attached hydrogens (tertiary/aromatic N) is 2. The molecule has 0 atom stereocenters. The molecule has 1 aromatic carbocycles. The second-order valence-electron chi connectivity index (χ2n) is 5.38. The van der Waals surface area contributed by atoms with Crippen LogP contribution in [0.3, 0.4) is 0 Å². The molecule has 1 aromatic rings. The Labute approximate surface area is 121 Å². The molecule has 2 rings (SSSR count). The lowest BCUT2D eigenvalue weighted by atomic mass is 10.2. The van der Waals surface area contributed by atoms with E-state index in [0.717, 1.165) is 43.3 Å². The first-order valence-electron chi connectivity index (χ1n) is 7.07. The molecule has 0 aromatic heterocycles. The molecular formula is C15H25N3O2. The SMILES string of the molecule is COc1cc(N)c(N2CCN(C(C)C)CC2)cc1OC. The lowest BCUT2D eigenvalue weighted by molar-refractivity contribution is 0.209. The Morgan fingerprint density at radius 1 is 1.00 bits per heavy atom. The Hall–Kier alpha value is -1.62. The summed E-state index contributed by atoms with van der Waals surface area (Å²) in [4.78, 5) is 4.80. The summed E-state index contributed by atoms with van der Waals surface area (Å²) in [5.41, 5.74) is 7.93. The van der Waals surface area contributed by atoms with Gasteiger partial charge in [-0.15, -0.1) is 0 Å². The number of piperazine rings is 1. The highest BCUT2D eigenvalue weighted by atomic mass is 16.5. The van der Waals surface area contributed by atoms with E-state index in [1.165, 1.54) is 0 Å². The number of anilines is 2. The summed E-state index contributed by atoms with van der Waals surface area (Å²) in [7, 11) is 3.27. The van der Waals surface area contributed by atoms with Crippen molar-refractivity contribution in [1.82, 2.24) is 4.90 Å². The van der Waals surface area contributed by atoms with Crippen LogP contribution >= 0.6 is 0 Å². The van der Waals surface area contributed by atoms with Gasteiger partial charge in [-0.1, -0.05) is 0 Å². The normalized spacial score (nSPS) is 16.6. The average molecular weight is 279 g/mol. The minimum atomic E-state index is 0.597. The predicted molar refractivity (Wildman–Crippen MR) is 82.9 cm³/mol. The maximum absolute atomic E-state index is 6.15. The number of methoxy groups -OCH3 is 2. The van der Waals surface area contributed by atoms with Gasteiger partial charge in [0.25, 0.3) is 0 Å². The van der Waals surface area contributed by atoms with Gasteiger partial charge in [-0.25, -0.2) is 0 Å². The Kier molecular flexibility index (Phi) is 4.60. The molecule has 1 heterocycles. The van der Waals surface area contributed by atoms with Crippen LogP contribution in [0.1, 0.15) is 13.8 Å². The highest BCUT2D eigenvalue weighted by Crippen LogP contribution is 2.37. The Morgan fingerprint density at radius 2 is 1.55 bits per heavy atom. The molecule has 0 saturated carbocycles. The number of hydrogen-bond donors (Lipinski definition) is 1. The predicted octanol–water partition coefficient (Wildman–Crippen LogP) is 1.82. The van der Waals surface area contributed by atoms with Crippen molar-refractivity contribution in [2.24, 2.45) is 0 Å². The van der Waals surface area contributed by atoms with Gasteiger partial charge in [0.1, 0.15) is 0 Å². The van der Waals surface area contributed by atoms with E-state index >= 15 is 0 Å². The van der Waals surface area contributed by atoms with Crippen molar-refractivity contribution >= 4 is 11.4 Å². The van der Waals surface area contributed by atoms with Crippen LogP contribution in [-0.4, -0.2) is 51.3 Å². The van der Waals surface area contributed by atoms with E-state index in [9.17, 15) is 0 Å². The molecule has 1 saturated heterocycles. The van der Waals surface area contributed by atoms with Crippen LogP contribution in [0.2, 0.25) is 0 Å². The highest BCUT2D eigenvalue weighted by Gasteiger charge is 2.21. The van der Waals surface area contributed by atoms with Crippen molar-refractivity contribution in [3.63, 3.8) is 0 Å². The zero-order chi connectivity index (χ0) is 14.7. The molecule has 5 nitrogen and oxygen atoms in total. The third-order valence-electron chi connectivity index (χ3n) is 3.92. The van der Waals surface area contributed by atoms with Gasteiger partial charge in [0.2, 0.25) is 0 Å². The van der Waals surface area contributed by atoms with Crippen molar-refractivity contribution in [1.29, 1.82) is 0 Å². The molecule has 0 unspecified atom stereocenters. The summed E-state index contributed by atoms with van der Waals surface area (Å²) in [6.45, 7) is 8.56. The van der Waals surface area contributed by atoms with Crippen LogP contribution < -0.4 is 20.1 Å². The molecule has 1 fully saturated rings. The Balaban J connectivity index is 2.17. The van der Waals surface area contributed by atoms with Crippen LogP contribution in [0.5, 0.6) is 11.5 Å². The molecule has 20 heavy (non-hydrogen) atoms. The smallest absolute Gasteiger partial charge is 0.162 e. The van der Waals surface area contributed by atoms with Gasteiger partial charge in [-0.05, 0) is 13.8 Å². The van der Waals surface area contributed by atoms with E-state index in [1.54, 1.807) is 14.2 Å². The van der Waals surface area contributed by atoms with Gasteiger partial charge in [-0.3, -0.25) is 4.90 Å². The molecule has 112 valence electrons. The molecule has 0 aliphatic carbocycles. The van der Waals surface area contributed by atoms with Crippen molar-refractivity contribution in [3.05, 3.63) is 12.1 Å². The van der Waals surface area contributed by atoms with E-state index in [0.29, 0.717) is 11.8 Å². The minimum absolute atomic E-state index is 0.597. The number of ether oxygens (including phenoxy) is 2. The van der Waals surface area contributed by atoms with Crippen LogP contribution in [0.4, 0.5) is 11.4 Å². The zero-order valence-electron chi connectivity index (χ0n) is 12.8. The lowest BCUT2D eigenvalue weighted by Crippen LogP contribution is -2.49. The van der Waals surface area contributed by atoms with Crippen LogP contribution in [0, 0.1) is 0 Å². The summed E-state index contributed by atoms with van der Waals surface area (Å²) in [6.07, 6.45) is 0. The fraction of sp³-hybridized carbons (Fsp3) is 0.600. The number of nitrogen functional groups attached to an aromatic ring is 1. The standard InChI is InChI=1S/C15H25N3O2/c1-11(2)17-5-7-18(8-6-17)13-10-15(20-4)14(19-3)9-12(13)16/h9-11H,5-8,16H2,1-4H3. The van der Waals surface area contributed by atoms with Gasteiger partial charge < -0.3 is 20.1 Å². The maximum atomic E-state index is 6.15. The third-order valence-corrected chi connectivity index (χ3v) is 3.92. The zero-order valence-corrected chi connectivity index (χ0v) is 12.8. The average Bonchev–Trinajstić information content (AvgIpc) is 2.47. The van der Waals surface area contributed by atoms with Crippen LogP contribution in [-0.2, 0) is 0 Å². The summed E-state index contributed by atoms with van der Waals surface area (Å²) in [5.74, 6) is 1.40. The number of benzene rings is 1. The number of hydrogen-bond acceptors (Lipinski definition) is 5. The van der Waals surface area contributed by atoms with E-state index in [4.69, 9.17) is 15.2 Å². The van der Waals surface area contributed by atoms with Gasteiger partial charge in [0.05, 0.1) is 25.6 Å². The van der Waals surface area contributed by atoms with E-state index in [-0.39, 0.29) is 0 Å². The third kappa shape index (κ3) is 2.93. The number of nitrogens with two attached hydrogens (primary N) is 1. The van der Waals surface area contributed by atoms with Crippen LogP contribution in [0.15, 0.2) is 12.1 Å². The lowest BCUT2D eigenvalue weighted by Gasteiger charge is -2.38. The van der Waals surface area contributed by atoms with Crippen LogP contribution in [0.25, 0.3) is 0 Å². The summed E-state index contributed by atoms with van der Waals surface area (Å²) < 4.78 is 10.6. The molecule has 0 amide bonds. The second kappa shape index (κ2) is 6.22.